The average Bonchev–Trinajstić information content (AvgIpc) is 2.40. The monoisotopic (exact) mass is 281 g/mol. The lowest BCUT2D eigenvalue weighted by Crippen LogP contribution is -2.48. The van der Waals surface area contributed by atoms with Crippen LogP contribution in [-0.2, 0) is 6.54 Å². The van der Waals surface area contributed by atoms with E-state index in [4.69, 9.17) is 5.73 Å². The Morgan fingerprint density at radius 2 is 2.20 bits per heavy atom. The van der Waals surface area contributed by atoms with Crippen LogP contribution in [-0.4, -0.2) is 28.5 Å². The van der Waals surface area contributed by atoms with Crippen molar-refractivity contribution < 1.29 is 9.31 Å². The minimum Gasteiger partial charge on any atom is -0.329 e. The number of halogens is 1. The van der Waals surface area contributed by atoms with E-state index in [1.807, 2.05) is 0 Å². The number of nitrogens with two attached hydrogens (primary N) is 1. The molecule has 0 spiro atoms. The number of nitro groups is 1. The largest absolute Gasteiger partial charge is 0.329 e. The highest BCUT2D eigenvalue weighted by atomic mass is 19.1. The van der Waals surface area contributed by atoms with Crippen LogP contribution in [0, 0.1) is 15.9 Å². The average molecular weight is 281 g/mol. The van der Waals surface area contributed by atoms with E-state index in [-0.39, 0.29) is 11.7 Å². The molecule has 2 unspecified atom stereocenters. The smallest absolute Gasteiger partial charge is 0.272 e. The van der Waals surface area contributed by atoms with Crippen LogP contribution >= 0.6 is 0 Å². The molecule has 2 N–H and O–H groups in total. The molecule has 2 atom stereocenters. The zero-order valence-corrected chi connectivity index (χ0v) is 11.6. The molecule has 5 nitrogen and oxygen atoms in total. The van der Waals surface area contributed by atoms with E-state index in [0.717, 1.165) is 25.3 Å². The summed E-state index contributed by atoms with van der Waals surface area (Å²) in [6.45, 7) is 3.18. The molecule has 0 bridgehead atoms. The molecular weight excluding hydrogens is 261 g/mol. The van der Waals surface area contributed by atoms with Gasteiger partial charge in [-0.2, -0.15) is 0 Å². The summed E-state index contributed by atoms with van der Waals surface area (Å²) < 4.78 is 13.5. The van der Waals surface area contributed by atoms with Crippen molar-refractivity contribution in [1.82, 2.24) is 4.90 Å². The fraction of sp³-hybridized carbons (Fsp3) is 0.571. The number of benzene rings is 1. The normalized spacial score (nSPS) is 23.8. The summed E-state index contributed by atoms with van der Waals surface area (Å²) in [5.41, 5.74) is 6.22. The molecule has 1 aromatic rings. The zero-order chi connectivity index (χ0) is 14.7. The van der Waals surface area contributed by atoms with Crippen molar-refractivity contribution >= 4 is 5.69 Å². The minimum atomic E-state index is -0.567. The first-order chi connectivity index (χ1) is 9.51. The summed E-state index contributed by atoms with van der Waals surface area (Å²) in [5.74, 6) is -0.567. The number of non-ortho nitro benzene ring substituents is 1. The predicted octanol–water partition coefficient (Wildman–Crippen LogP) is 2.44. The summed E-state index contributed by atoms with van der Waals surface area (Å²) in [5, 5.41) is 10.8. The van der Waals surface area contributed by atoms with Crippen LogP contribution in [0.1, 0.15) is 31.7 Å². The van der Waals surface area contributed by atoms with E-state index in [2.05, 4.69) is 11.8 Å². The number of nitro benzene ring substituents is 1. The molecule has 110 valence electrons. The number of nitrogens with zero attached hydrogens (tertiary/aromatic N) is 2. The van der Waals surface area contributed by atoms with Gasteiger partial charge >= 0.3 is 0 Å². The van der Waals surface area contributed by atoms with Gasteiger partial charge in [0.25, 0.3) is 5.69 Å². The number of rotatable bonds is 4. The highest BCUT2D eigenvalue weighted by Gasteiger charge is 2.27. The molecule has 2 rings (SSSR count). The van der Waals surface area contributed by atoms with Gasteiger partial charge in [0.1, 0.15) is 5.82 Å². The van der Waals surface area contributed by atoms with Crippen LogP contribution in [0.25, 0.3) is 0 Å². The lowest BCUT2D eigenvalue weighted by Gasteiger charge is -2.40. The Kier molecular flexibility index (Phi) is 4.67. The lowest BCUT2D eigenvalue weighted by molar-refractivity contribution is -0.385. The Labute approximate surface area is 117 Å². The van der Waals surface area contributed by atoms with Crippen molar-refractivity contribution in [3.63, 3.8) is 0 Å². The number of piperidine rings is 1. The molecule has 1 saturated heterocycles. The van der Waals surface area contributed by atoms with Crippen molar-refractivity contribution in [1.29, 1.82) is 0 Å². The summed E-state index contributed by atoms with van der Waals surface area (Å²) in [6, 6.07) is 4.38. The number of hydrogen-bond acceptors (Lipinski definition) is 4. The third-order valence-corrected chi connectivity index (χ3v) is 3.98. The van der Waals surface area contributed by atoms with Crippen LogP contribution in [0.4, 0.5) is 10.1 Å². The molecular formula is C14H20FN3O2. The van der Waals surface area contributed by atoms with Crippen molar-refractivity contribution in [2.45, 2.75) is 44.8 Å². The molecule has 0 aromatic heterocycles. The van der Waals surface area contributed by atoms with Crippen LogP contribution in [0.5, 0.6) is 0 Å². The molecule has 1 aromatic carbocycles. The molecule has 6 heteroatoms. The number of hydrogen-bond donors (Lipinski definition) is 1. The van der Waals surface area contributed by atoms with Crippen LogP contribution in [0.2, 0.25) is 0 Å². The van der Waals surface area contributed by atoms with Gasteiger partial charge in [0, 0.05) is 31.2 Å². The quantitative estimate of drug-likeness (QED) is 0.679. The Bertz CT molecular complexity index is 495. The molecule has 0 radical (unpaired) electrons. The van der Waals surface area contributed by atoms with E-state index in [1.165, 1.54) is 12.1 Å². The van der Waals surface area contributed by atoms with Gasteiger partial charge < -0.3 is 5.73 Å². The third-order valence-electron chi connectivity index (χ3n) is 3.98. The Balaban J connectivity index is 2.21. The molecule has 1 fully saturated rings. The van der Waals surface area contributed by atoms with Crippen molar-refractivity contribution in [3.8, 4) is 0 Å². The summed E-state index contributed by atoms with van der Waals surface area (Å²) >= 11 is 0. The fourth-order valence-corrected chi connectivity index (χ4v) is 2.92. The van der Waals surface area contributed by atoms with Crippen molar-refractivity contribution in [2.75, 3.05) is 6.54 Å². The van der Waals surface area contributed by atoms with Gasteiger partial charge in [0.05, 0.1) is 11.0 Å². The molecule has 0 aliphatic carbocycles. The van der Waals surface area contributed by atoms with Gasteiger partial charge in [-0.1, -0.05) is 6.42 Å². The summed E-state index contributed by atoms with van der Waals surface area (Å²) in [4.78, 5) is 12.4. The second kappa shape index (κ2) is 6.28. The second-order valence-electron chi connectivity index (χ2n) is 5.42. The van der Waals surface area contributed by atoms with Gasteiger partial charge in [-0.05, 0) is 31.4 Å². The first-order valence-corrected chi connectivity index (χ1v) is 6.91. The third kappa shape index (κ3) is 3.32. The van der Waals surface area contributed by atoms with E-state index >= 15 is 0 Å². The van der Waals surface area contributed by atoms with Crippen LogP contribution < -0.4 is 5.73 Å². The van der Waals surface area contributed by atoms with Crippen molar-refractivity contribution in [2.24, 2.45) is 5.73 Å². The SMILES string of the molecule is CC1CCCC(CN)N1Cc1cc(F)cc([N+](=O)[O-])c1. The standard InChI is InChI=1S/C14H20FN3O2/c1-10-3-2-4-13(8-16)17(10)9-11-5-12(15)7-14(6-11)18(19)20/h5-7,10,13H,2-4,8-9,16H2,1H3. The summed E-state index contributed by atoms with van der Waals surface area (Å²) in [6.07, 6.45) is 3.25. The molecule has 1 aliphatic rings. The van der Waals surface area contributed by atoms with Gasteiger partial charge in [-0.15, -0.1) is 0 Å². The Morgan fingerprint density at radius 1 is 1.45 bits per heavy atom. The summed E-state index contributed by atoms with van der Waals surface area (Å²) in [7, 11) is 0. The molecule has 20 heavy (non-hydrogen) atoms. The maximum Gasteiger partial charge on any atom is 0.272 e. The highest BCUT2D eigenvalue weighted by Crippen LogP contribution is 2.26. The first-order valence-electron chi connectivity index (χ1n) is 6.91. The predicted molar refractivity (Wildman–Crippen MR) is 74.8 cm³/mol. The van der Waals surface area contributed by atoms with Gasteiger partial charge in [0.15, 0.2) is 0 Å². The van der Waals surface area contributed by atoms with E-state index in [9.17, 15) is 14.5 Å². The fourth-order valence-electron chi connectivity index (χ4n) is 2.92. The zero-order valence-electron chi connectivity index (χ0n) is 11.6. The highest BCUT2D eigenvalue weighted by molar-refractivity contribution is 5.35. The van der Waals surface area contributed by atoms with Crippen molar-refractivity contribution in [3.05, 3.63) is 39.7 Å². The minimum absolute atomic E-state index is 0.200. The van der Waals surface area contributed by atoms with Crippen LogP contribution in [0.3, 0.4) is 0 Å². The first kappa shape index (κ1) is 14.9. The maximum atomic E-state index is 13.5. The van der Waals surface area contributed by atoms with Crippen LogP contribution in [0.15, 0.2) is 18.2 Å². The molecule has 1 heterocycles. The second-order valence-corrected chi connectivity index (χ2v) is 5.42. The molecule has 0 saturated carbocycles. The maximum absolute atomic E-state index is 13.5. The molecule has 1 aliphatic heterocycles. The van der Waals surface area contributed by atoms with Gasteiger partial charge in [-0.25, -0.2) is 4.39 Å². The van der Waals surface area contributed by atoms with E-state index < -0.39 is 10.7 Å². The molecule has 0 amide bonds. The van der Waals surface area contributed by atoms with E-state index in [1.54, 1.807) is 0 Å². The van der Waals surface area contributed by atoms with Gasteiger partial charge in [0.2, 0.25) is 0 Å². The Morgan fingerprint density at radius 3 is 2.85 bits per heavy atom. The lowest BCUT2D eigenvalue weighted by atomic mass is 9.95. The van der Waals surface area contributed by atoms with Gasteiger partial charge in [-0.3, -0.25) is 15.0 Å². The van der Waals surface area contributed by atoms with E-state index in [0.29, 0.717) is 24.7 Å². The number of likely N-dealkylation sites (tertiary alicyclic amines) is 1. The topological polar surface area (TPSA) is 72.4 Å². The Hall–Kier alpha value is -1.53.